The molecule has 3 nitrogen and oxygen atoms in total. The molecule has 4 rings (SSSR count). The van der Waals surface area contributed by atoms with Gasteiger partial charge < -0.3 is 9.47 Å². The molecule has 0 bridgehead atoms. The van der Waals surface area contributed by atoms with E-state index in [1.165, 1.54) is 5.56 Å². The number of para-hydroxylation sites is 1. The van der Waals surface area contributed by atoms with Gasteiger partial charge in [0.2, 0.25) is 0 Å². The van der Waals surface area contributed by atoms with E-state index in [0.29, 0.717) is 0 Å². The topological polar surface area (TPSA) is 25.2 Å². The molecule has 1 aliphatic heterocycles. The van der Waals surface area contributed by atoms with Crippen LogP contribution in [0.3, 0.4) is 0 Å². The smallest absolute Gasteiger partial charge is 0.258 e. The molecule has 0 saturated heterocycles. The molecule has 0 saturated carbocycles. The fourth-order valence-corrected chi connectivity index (χ4v) is 3.44. The highest BCUT2D eigenvalue weighted by Crippen LogP contribution is 2.31. The molecule has 0 aliphatic carbocycles. The molecule has 1 atom stereocenters. The van der Waals surface area contributed by atoms with Crippen molar-refractivity contribution in [3.8, 4) is 5.69 Å². The lowest BCUT2D eigenvalue weighted by Crippen LogP contribution is -2.42. The van der Waals surface area contributed by atoms with Gasteiger partial charge in [-0.15, -0.1) is 0 Å². The summed E-state index contributed by atoms with van der Waals surface area (Å²) in [5.74, 6) is 0.0728. The van der Waals surface area contributed by atoms with Gasteiger partial charge in [0.25, 0.3) is 5.91 Å². The first-order valence-corrected chi connectivity index (χ1v) is 8.39. The summed E-state index contributed by atoms with van der Waals surface area (Å²) in [6.45, 7) is 2.13. The number of amides is 1. The summed E-state index contributed by atoms with van der Waals surface area (Å²) in [4.78, 5) is 15.2. The van der Waals surface area contributed by atoms with E-state index in [4.69, 9.17) is 0 Å². The monoisotopic (exact) mass is 316 g/mol. The number of carbonyl (C=O) groups excluding carboxylic acids is 1. The first-order chi connectivity index (χ1) is 11.7. The number of hydrogen-bond acceptors (Lipinski definition) is 1. The van der Waals surface area contributed by atoms with E-state index in [-0.39, 0.29) is 11.9 Å². The Morgan fingerprint density at radius 2 is 1.79 bits per heavy atom. The van der Waals surface area contributed by atoms with E-state index in [2.05, 4.69) is 19.1 Å². The molecular weight excluding hydrogens is 296 g/mol. The minimum atomic E-state index is 0.0728. The number of aromatic nitrogens is 1. The van der Waals surface area contributed by atoms with Crippen LogP contribution in [-0.4, -0.2) is 16.5 Å². The maximum Gasteiger partial charge on any atom is 0.258 e. The number of benzene rings is 2. The second-order valence-electron chi connectivity index (χ2n) is 6.33. The van der Waals surface area contributed by atoms with Crippen molar-refractivity contribution in [1.29, 1.82) is 0 Å². The normalized spacial score (nSPS) is 16.7. The van der Waals surface area contributed by atoms with Crippen molar-refractivity contribution in [3.63, 3.8) is 0 Å². The zero-order chi connectivity index (χ0) is 16.5. The zero-order valence-electron chi connectivity index (χ0n) is 13.7. The Labute approximate surface area is 142 Å². The average molecular weight is 316 g/mol. The lowest BCUT2D eigenvalue weighted by Gasteiger charge is -2.35. The van der Waals surface area contributed by atoms with Crippen LogP contribution < -0.4 is 4.90 Å². The molecule has 24 heavy (non-hydrogen) atoms. The third kappa shape index (κ3) is 2.52. The van der Waals surface area contributed by atoms with Crippen LogP contribution in [0.25, 0.3) is 5.69 Å². The highest BCUT2D eigenvalue weighted by atomic mass is 16.2. The number of anilines is 1. The Morgan fingerprint density at radius 1 is 1.00 bits per heavy atom. The average Bonchev–Trinajstić information content (AvgIpc) is 3.16. The first kappa shape index (κ1) is 14.8. The van der Waals surface area contributed by atoms with Gasteiger partial charge in [-0.25, -0.2) is 0 Å². The Hall–Kier alpha value is -2.81. The van der Waals surface area contributed by atoms with Crippen LogP contribution in [0.2, 0.25) is 0 Å². The minimum Gasteiger partial charge on any atom is -0.324 e. The third-order valence-corrected chi connectivity index (χ3v) is 4.74. The van der Waals surface area contributed by atoms with Crippen molar-refractivity contribution in [2.75, 3.05) is 4.90 Å². The number of carbonyl (C=O) groups is 1. The van der Waals surface area contributed by atoms with Crippen molar-refractivity contribution in [1.82, 2.24) is 4.57 Å². The van der Waals surface area contributed by atoms with Crippen LogP contribution in [0, 0.1) is 0 Å². The summed E-state index contributed by atoms with van der Waals surface area (Å²) < 4.78 is 2.02. The molecule has 0 spiro atoms. The van der Waals surface area contributed by atoms with E-state index in [9.17, 15) is 4.79 Å². The van der Waals surface area contributed by atoms with Crippen LogP contribution in [-0.2, 0) is 6.42 Å². The van der Waals surface area contributed by atoms with Gasteiger partial charge in [-0.2, -0.15) is 0 Å². The van der Waals surface area contributed by atoms with E-state index >= 15 is 0 Å². The summed E-state index contributed by atoms with van der Waals surface area (Å²) in [6.07, 6.45) is 6.01. The maximum absolute atomic E-state index is 13.2. The van der Waals surface area contributed by atoms with Crippen molar-refractivity contribution in [2.24, 2.45) is 0 Å². The summed E-state index contributed by atoms with van der Waals surface area (Å²) in [5, 5.41) is 0. The highest BCUT2D eigenvalue weighted by molar-refractivity contribution is 6.07. The van der Waals surface area contributed by atoms with Crippen LogP contribution in [0.5, 0.6) is 0 Å². The second-order valence-corrected chi connectivity index (χ2v) is 6.33. The number of rotatable bonds is 2. The van der Waals surface area contributed by atoms with Gasteiger partial charge in [-0.3, -0.25) is 4.79 Å². The molecule has 3 aromatic rings. The zero-order valence-corrected chi connectivity index (χ0v) is 13.7. The molecule has 120 valence electrons. The van der Waals surface area contributed by atoms with Crippen LogP contribution in [0.4, 0.5) is 5.69 Å². The molecule has 2 aromatic carbocycles. The van der Waals surface area contributed by atoms with E-state index in [1.807, 2.05) is 70.4 Å². The fourth-order valence-electron chi connectivity index (χ4n) is 3.44. The minimum absolute atomic E-state index is 0.0728. The molecule has 3 heteroatoms. The molecular formula is C21H20N2O. The van der Waals surface area contributed by atoms with Gasteiger partial charge in [0.15, 0.2) is 0 Å². The molecule has 1 aliphatic rings. The van der Waals surface area contributed by atoms with Crippen LogP contribution in [0.1, 0.15) is 29.3 Å². The largest absolute Gasteiger partial charge is 0.324 e. The lowest BCUT2D eigenvalue weighted by atomic mass is 9.95. The SMILES string of the molecule is CC1CCc2ccccc2N1C(=O)c1cccc(-n2cccc2)c1. The van der Waals surface area contributed by atoms with Gasteiger partial charge >= 0.3 is 0 Å². The number of nitrogens with zero attached hydrogens (tertiary/aromatic N) is 2. The van der Waals surface area contributed by atoms with Crippen LogP contribution >= 0.6 is 0 Å². The van der Waals surface area contributed by atoms with E-state index < -0.39 is 0 Å². The van der Waals surface area contributed by atoms with Gasteiger partial charge in [-0.1, -0.05) is 24.3 Å². The Balaban J connectivity index is 1.73. The number of fused-ring (bicyclic) bond motifs is 1. The molecule has 1 amide bonds. The van der Waals surface area contributed by atoms with Crippen molar-refractivity contribution in [2.45, 2.75) is 25.8 Å². The number of aryl methyl sites for hydroxylation is 1. The standard InChI is InChI=1S/C21H20N2O/c1-16-11-12-17-7-2-3-10-20(17)23(16)21(24)18-8-6-9-19(15-18)22-13-4-5-14-22/h2-10,13-16H,11-12H2,1H3. The molecule has 0 N–H and O–H groups in total. The molecule has 0 fully saturated rings. The highest BCUT2D eigenvalue weighted by Gasteiger charge is 2.28. The molecule has 1 unspecified atom stereocenters. The van der Waals surface area contributed by atoms with Gasteiger partial charge in [0, 0.05) is 35.4 Å². The van der Waals surface area contributed by atoms with Gasteiger partial charge in [-0.05, 0) is 61.7 Å². The lowest BCUT2D eigenvalue weighted by molar-refractivity contribution is 0.0975. The number of hydrogen-bond donors (Lipinski definition) is 0. The Kier molecular flexibility index (Phi) is 3.69. The maximum atomic E-state index is 13.2. The summed E-state index contributed by atoms with van der Waals surface area (Å²) >= 11 is 0. The Bertz CT molecular complexity index is 867. The van der Waals surface area contributed by atoms with Gasteiger partial charge in [0.05, 0.1) is 0 Å². The molecule has 1 aromatic heterocycles. The van der Waals surface area contributed by atoms with Gasteiger partial charge in [0.1, 0.15) is 0 Å². The van der Waals surface area contributed by atoms with Crippen molar-refractivity contribution < 1.29 is 4.79 Å². The van der Waals surface area contributed by atoms with E-state index in [0.717, 1.165) is 29.8 Å². The van der Waals surface area contributed by atoms with Crippen molar-refractivity contribution >= 4 is 11.6 Å². The predicted octanol–water partition coefficient (Wildman–Crippen LogP) is 4.46. The fraction of sp³-hybridized carbons (Fsp3) is 0.190. The molecule has 0 radical (unpaired) electrons. The van der Waals surface area contributed by atoms with Crippen molar-refractivity contribution in [3.05, 3.63) is 84.2 Å². The molecule has 2 heterocycles. The third-order valence-electron chi connectivity index (χ3n) is 4.74. The Morgan fingerprint density at radius 3 is 2.62 bits per heavy atom. The second kappa shape index (κ2) is 6.00. The summed E-state index contributed by atoms with van der Waals surface area (Å²) in [6, 6.07) is 20.2. The predicted molar refractivity (Wildman–Crippen MR) is 96.8 cm³/mol. The van der Waals surface area contributed by atoms with Crippen LogP contribution in [0.15, 0.2) is 73.1 Å². The summed E-state index contributed by atoms with van der Waals surface area (Å²) in [7, 11) is 0. The quantitative estimate of drug-likeness (QED) is 0.685. The summed E-state index contributed by atoms with van der Waals surface area (Å²) in [5.41, 5.74) is 4.03. The van der Waals surface area contributed by atoms with E-state index in [1.54, 1.807) is 0 Å². The first-order valence-electron chi connectivity index (χ1n) is 8.39.